The number of phenolic OH excluding ortho intramolecular Hbond substituents is 1. The van der Waals surface area contributed by atoms with Crippen molar-refractivity contribution in [2.24, 2.45) is 0 Å². The van der Waals surface area contributed by atoms with E-state index in [4.69, 9.17) is 19.2 Å². The molecular formula is C28H31N3O4. The van der Waals surface area contributed by atoms with Crippen molar-refractivity contribution >= 4 is 11.0 Å². The monoisotopic (exact) mass is 473 g/mol. The summed E-state index contributed by atoms with van der Waals surface area (Å²) in [7, 11) is 4.94. The highest BCUT2D eigenvalue weighted by molar-refractivity contribution is 5.81. The third-order valence-corrected chi connectivity index (χ3v) is 6.84. The van der Waals surface area contributed by atoms with Gasteiger partial charge in [-0.2, -0.15) is 0 Å². The van der Waals surface area contributed by atoms with Crippen molar-refractivity contribution in [2.75, 3.05) is 34.4 Å². The first-order valence-corrected chi connectivity index (χ1v) is 11.9. The molecule has 182 valence electrons. The number of rotatable bonds is 7. The Labute approximate surface area is 205 Å². The molecule has 0 atom stereocenters. The third kappa shape index (κ3) is 4.51. The predicted molar refractivity (Wildman–Crippen MR) is 136 cm³/mol. The van der Waals surface area contributed by atoms with E-state index in [1.54, 1.807) is 33.5 Å². The van der Waals surface area contributed by atoms with Crippen molar-refractivity contribution in [2.45, 2.75) is 25.4 Å². The molecule has 0 unspecified atom stereocenters. The summed E-state index contributed by atoms with van der Waals surface area (Å²) in [6.07, 6.45) is 1.98. The molecule has 5 rings (SSSR count). The van der Waals surface area contributed by atoms with E-state index in [9.17, 15) is 5.11 Å². The van der Waals surface area contributed by atoms with Crippen LogP contribution in [0.25, 0.3) is 22.4 Å². The number of piperidine rings is 1. The van der Waals surface area contributed by atoms with Crippen molar-refractivity contribution in [3.63, 3.8) is 0 Å². The summed E-state index contributed by atoms with van der Waals surface area (Å²) in [5.74, 6) is 3.40. The summed E-state index contributed by atoms with van der Waals surface area (Å²) < 4.78 is 18.7. The Kier molecular flexibility index (Phi) is 6.51. The first-order chi connectivity index (χ1) is 17.1. The molecule has 0 bridgehead atoms. The van der Waals surface area contributed by atoms with E-state index in [1.165, 1.54) is 0 Å². The highest BCUT2D eigenvalue weighted by atomic mass is 16.5. The molecule has 0 radical (unpaired) electrons. The zero-order chi connectivity index (χ0) is 24.4. The Morgan fingerprint density at radius 1 is 0.886 bits per heavy atom. The van der Waals surface area contributed by atoms with Crippen molar-refractivity contribution in [1.82, 2.24) is 14.5 Å². The molecule has 0 amide bonds. The number of para-hydroxylation sites is 2. The first kappa shape index (κ1) is 23.1. The Morgan fingerprint density at radius 3 is 2.40 bits per heavy atom. The summed E-state index contributed by atoms with van der Waals surface area (Å²) in [5.41, 5.74) is 4.02. The average molecular weight is 474 g/mol. The van der Waals surface area contributed by atoms with Crippen LogP contribution in [0.1, 0.15) is 24.4 Å². The number of likely N-dealkylation sites (tertiary alicyclic amines) is 1. The minimum atomic E-state index is 0.310. The van der Waals surface area contributed by atoms with Crippen molar-refractivity contribution in [1.29, 1.82) is 0 Å². The Morgan fingerprint density at radius 2 is 1.66 bits per heavy atom. The number of nitrogens with zero attached hydrogens (tertiary/aromatic N) is 3. The molecule has 35 heavy (non-hydrogen) atoms. The van der Waals surface area contributed by atoms with Crippen LogP contribution in [0.2, 0.25) is 0 Å². The number of benzene rings is 3. The summed E-state index contributed by atoms with van der Waals surface area (Å²) in [5, 5.41) is 10.3. The van der Waals surface area contributed by atoms with E-state index in [-0.39, 0.29) is 0 Å². The number of ether oxygens (including phenoxy) is 3. The standard InChI is InChI=1S/C28H31N3O4/c1-33-22-9-10-25(32)20(16-22)18-30-14-12-21(13-15-30)31-24-7-5-4-6-23(24)29-28(31)19-8-11-26(34-2)27(17-19)35-3/h4-11,16-17,21,32H,12-15,18H2,1-3H3. The minimum Gasteiger partial charge on any atom is -0.508 e. The van der Waals surface area contributed by atoms with Gasteiger partial charge < -0.3 is 23.9 Å². The van der Waals surface area contributed by atoms with E-state index < -0.39 is 0 Å². The molecule has 2 heterocycles. The fourth-order valence-corrected chi connectivity index (χ4v) is 4.99. The van der Waals surface area contributed by atoms with Crippen LogP contribution in [0.5, 0.6) is 23.0 Å². The number of aromatic nitrogens is 2. The maximum absolute atomic E-state index is 10.3. The van der Waals surface area contributed by atoms with Crippen LogP contribution in [0.15, 0.2) is 60.7 Å². The van der Waals surface area contributed by atoms with Gasteiger partial charge in [0.05, 0.1) is 32.4 Å². The minimum absolute atomic E-state index is 0.310. The molecule has 0 saturated carbocycles. The zero-order valence-corrected chi connectivity index (χ0v) is 20.4. The summed E-state index contributed by atoms with van der Waals surface area (Å²) in [6.45, 7) is 2.56. The summed E-state index contributed by atoms with van der Waals surface area (Å²) >= 11 is 0. The molecule has 3 aromatic carbocycles. The first-order valence-electron chi connectivity index (χ1n) is 11.9. The molecule has 7 heteroatoms. The van der Waals surface area contributed by atoms with Gasteiger partial charge in [-0.3, -0.25) is 4.90 Å². The fourth-order valence-electron chi connectivity index (χ4n) is 4.99. The largest absolute Gasteiger partial charge is 0.508 e. The fraction of sp³-hybridized carbons (Fsp3) is 0.321. The highest BCUT2D eigenvalue weighted by Crippen LogP contribution is 2.37. The second-order valence-corrected chi connectivity index (χ2v) is 8.87. The topological polar surface area (TPSA) is 69.0 Å². The third-order valence-electron chi connectivity index (χ3n) is 6.84. The SMILES string of the molecule is COc1ccc(O)c(CN2CCC(n3c(-c4ccc(OC)c(OC)c4)nc4ccccc43)CC2)c1. The van der Waals surface area contributed by atoms with Gasteiger partial charge in [-0.15, -0.1) is 0 Å². The van der Waals surface area contributed by atoms with Gasteiger partial charge in [-0.1, -0.05) is 12.1 Å². The van der Waals surface area contributed by atoms with Crippen LogP contribution in [-0.4, -0.2) is 54.0 Å². The molecule has 1 aliphatic rings. The maximum Gasteiger partial charge on any atom is 0.161 e. The lowest BCUT2D eigenvalue weighted by molar-refractivity contribution is 0.180. The highest BCUT2D eigenvalue weighted by Gasteiger charge is 2.26. The van der Waals surface area contributed by atoms with E-state index in [2.05, 4.69) is 27.7 Å². The smallest absolute Gasteiger partial charge is 0.161 e. The van der Waals surface area contributed by atoms with Gasteiger partial charge >= 0.3 is 0 Å². The molecule has 1 aliphatic heterocycles. The van der Waals surface area contributed by atoms with Crippen molar-refractivity contribution in [3.8, 4) is 34.4 Å². The number of phenols is 1. The molecular weight excluding hydrogens is 442 g/mol. The lowest BCUT2D eigenvalue weighted by Crippen LogP contribution is -2.34. The molecule has 1 fully saturated rings. The van der Waals surface area contributed by atoms with Crippen LogP contribution >= 0.6 is 0 Å². The molecule has 1 aromatic heterocycles. The van der Waals surface area contributed by atoms with Crippen molar-refractivity contribution in [3.05, 3.63) is 66.2 Å². The van der Waals surface area contributed by atoms with Crippen LogP contribution in [0.4, 0.5) is 0 Å². The lowest BCUT2D eigenvalue weighted by Gasteiger charge is -2.33. The van der Waals surface area contributed by atoms with Gasteiger partial charge in [-0.25, -0.2) is 4.98 Å². The predicted octanol–water partition coefficient (Wildman–Crippen LogP) is 5.27. The quantitative estimate of drug-likeness (QED) is 0.394. The number of hydrogen-bond acceptors (Lipinski definition) is 6. The van der Waals surface area contributed by atoms with E-state index in [0.29, 0.717) is 29.8 Å². The second kappa shape index (κ2) is 9.88. The number of methoxy groups -OCH3 is 3. The molecule has 4 aromatic rings. The molecule has 1 saturated heterocycles. The normalized spacial score (nSPS) is 14.8. The van der Waals surface area contributed by atoms with E-state index >= 15 is 0 Å². The van der Waals surface area contributed by atoms with Crippen LogP contribution in [0, 0.1) is 0 Å². The average Bonchev–Trinajstić information content (AvgIpc) is 3.29. The number of aromatic hydroxyl groups is 1. The van der Waals surface area contributed by atoms with Gasteiger partial charge in [-0.05, 0) is 61.4 Å². The number of hydrogen-bond donors (Lipinski definition) is 1. The van der Waals surface area contributed by atoms with Gasteiger partial charge in [0.1, 0.15) is 17.3 Å². The summed E-state index contributed by atoms with van der Waals surface area (Å²) in [4.78, 5) is 7.40. The molecule has 1 N–H and O–H groups in total. The summed E-state index contributed by atoms with van der Waals surface area (Å²) in [6, 6.07) is 20.0. The van der Waals surface area contributed by atoms with Crippen LogP contribution in [0.3, 0.4) is 0 Å². The van der Waals surface area contributed by atoms with E-state index in [1.807, 2.05) is 30.3 Å². The number of imidazole rings is 1. The Hall–Kier alpha value is -3.71. The van der Waals surface area contributed by atoms with Crippen LogP contribution in [-0.2, 0) is 6.54 Å². The van der Waals surface area contributed by atoms with Crippen LogP contribution < -0.4 is 14.2 Å². The molecule has 0 spiro atoms. The van der Waals surface area contributed by atoms with E-state index in [0.717, 1.165) is 59.7 Å². The number of fused-ring (bicyclic) bond motifs is 1. The second-order valence-electron chi connectivity index (χ2n) is 8.87. The zero-order valence-electron chi connectivity index (χ0n) is 20.4. The maximum atomic E-state index is 10.3. The van der Waals surface area contributed by atoms with Gasteiger partial charge in [0.2, 0.25) is 0 Å². The van der Waals surface area contributed by atoms with Gasteiger partial charge in [0, 0.05) is 36.8 Å². The van der Waals surface area contributed by atoms with Gasteiger partial charge in [0.15, 0.2) is 11.5 Å². The molecule has 0 aliphatic carbocycles. The Bertz CT molecular complexity index is 1330. The van der Waals surface area contributed by atoms with Crippen molar-refractivity contribution < 1.29 is 19.3 Å². The lowest BCUT2D eigenvalue weighted by atomic mass is 10.0. The Balaban J connectivity index is 1.42. The molecule has 7 nitrogen and oxygen atoms in total. The van der Waals surface area contributed by atoms with Gasteiger partial charge in [0.25, 0.3) is 0 Å².